The van der Waals surface area contributed by atoms with Gasteiger partial charge in [0.25, 0.3) is 0 Å². The van der Waals surface area contributed by atoms with Crippen molar-refractivity contribution in [2.24, 2.45) is 5.92 Å². The Balaban J connectivity index is 2.84. The summed E-state index contributed by atoms with van der Waals surface area (Å²) in [7, 11) is 0. The maximum atomic E-state index is 5.22. The highest BCUT2D eigenvalue weighted by atomic mass is 16.5. The van der Waals surface area contributed by atoms with Gasteiger partial charge < -0.3 is 10.1 Å². The first-order valence-corrected chi connectivity index (χ1v) is 5.55. The minimum absolute atomic E-state index is 0.828. The van der Waals surface area contributed by atoms with E-state index in [1.54, 1.807) is 0 Å². The molecule has 0 spiro atoms. The van der Waals surface area contributed by atoms with Crippen molar-refractivity contribution in [2.75, 3.05) is 26.3 Å². The lowest BCUT2D eigenvalue weighted by molar-refractivity contribution is 0.149. The number of hydrogen-bond acceptors (Lipinski definition) is 2. The summed E-state index contributed by atoms with van der Waals surface area (Å²) in [6.45, 7) is 10.4. The van der Waals surface area contributed by atoms with Crippen molar-refractivity contribution in [3.8, 4) is 0 Å². The molecule has 0 aromatic carbocycles. The minimum atomic E-state index is 0.828. The standard InChI is InChI=1S/C11H25NO/c1-4-13-10-9-12-8-6-5-7-11(2)3/h11-12H,4-10H2,1-3H3. The third-order valence-corrected chi connectivity index (χ3v) is 2.01. The molecular weight excluding hydrogens is 162 g/mol. The fourth-order valence-electron chi connectivity index (χ4n) is 1.22. The zero-order valence-electron chi connectivity index (χ0n) is 9.44. The number of nitrogens with one attached hydrogen (secondary N) is 1. The molecule has 2 nitrogen and oxygen atoms in total. The van der Waals surface area contributed by atoms with Gasteiger partial charge in [0.1, 0.15) is 0 Å². The molecule has 0 amide bonds. The van der Waals surface area contributed by atoms with E-state index in [-0.39, 0.29) is 0 Å². The van der Waals surface area contributed by atoms with Crippen LogP contribution in [0.25, 0.3) is 0 Å². The average Bonchev–Trinajstić information content (AvgIpc) is 2.09. The van der Waals surface area contributed by atoms with Crippen LogP contribution in [-0.4, -0.2) is 26.3 Å². The van der Waals surface area contributed by atoms with Gasteiger partial charge in [-0.3, -0.25) is 0 Å². The molecule has 0 aliphatic carbocycles. The van der Waals surface area contributed by atoms with Crippen molar-refractivity contribution in [3.05, 3.63) is 0 Å². The summed E-state index contributed by atoms with van der Waals surface area (Å²) in [5.74, 6) is 0.850. The predicted octanol–water partition coefficient (Wildman–Crippen LogP) is 2.44. The molecule has 80 valence electrons. The molecule has 0 atom stereocenters. The van der Waals surface area contributed by atoms with Gasteiger partial charge in [0.15, 0.2) is 0 Å². The molecule has 0 saturated heterocycles. The Morgan fingerprint density at radius 1 is 1.15 bits per heavy atom. The highest BCUT2D eigenvalue weighted by Crippen LogP contribution is 2.04. The second kappa shape index (κ2) is 10.0. The summed E-state index contributed by atoms with van der Waals surface area (Å²) < 4.78 is 5.22. The van der Waals surface area contributed by atoms with E-state index >= 15 is 0 Å². The predicted molar refractivity (Wildman–Crippen MR) is 58.1 cm³/mol. The largest absolute Gasteiger partial charge is 0.380 e. The van der Waals surface area contributed by atoms with Gasteiger partial charge in [0, 0.05) is 13.2 Å². The molecule has 2 heteroatoms. The fourth-order valence-corrected chi connectivity index (χ4v) is 1.22. The number of unbranched alkanes of at least 4 members (excludes halogenated alkanes) is 1. The third-order valence-electron chi connectivity index (χ3n) is 2.01. The van der Waals surface area contributed by atoms with Crippen LogP contribution in [-0.2, 0) is 4.74 Å². The van der Waals surface area contributed by atoms with Crippen LogP contribution in [0.5, 0.6) is 0 Å². The smallest absolute Gasteiger partial charge is 0.0590 e. The highest BCUT2D eigenvalue weighted by Gasteiger charge is 1.93. The first-order chi connectivity index (χ1) is 6.27. The van der Waals surface area contributed by atoms with Gasteiger partial charge in [-0.15, -0.1) is 0 Å². The zero-order valence-corrected chi connectivity index (χ0v) is 9.44. The molecule has 0 aliphatic rings. The minimum Gasteiger partial charge on any atom is -0.380 e. The lowest BCUT2D eigenvalue weighted by Gasteiger charge is -2.06. The summed E-state index contributed by atoms with van der Waals surface area (Å²) in [6.07, 6.45) is 4.00. The maximum absolute atomic E-state index is 5.22. The molecule has 0 radical (unpaired) electrons. The molecule has 0 saturated carbocycles. The molecule has 0 aromatic rings. The molecule has 0 unspecified atom stereocenters. The van der Waals surface area contributed by atoms with Gasteiger partial charge in [-0.05, 0) is 25.8 Å². The van der Waals surface area contributed by atoms with Crippen LogP contribution in [0.1, 0.15) is 40.0 Å². The Labute approximate surface area is 83.1 Å². The molecule has 0 heterocycles. The van der Waals surface area contributed by atoms with Crippen LogP contribution >= 0.6 is 0 Å². The summed E-state index contributed by atoms with van der Waals surface area (Å²) in [5, 5.41) is 3.37. The molecule has 0 bridgehead atoms. The Bertz CT molecular complexity index is 94.1. The summed E-state index contributed by atoms with van der Waals surface area (Å²) in [5.41, 5.74) is 0. The van der Waals surface area contributed by atoms with E-state index in [1.165, 1.54) is 19.3 Å². The molecule has 0 aliphatic heterocycles. The van der Waals surface area contributed by atoms with Gasteiger partial charge in [-0.1, -0.05) is 26.7 Å². The second-order valence-electron chi connectivity index (χ2n) is 3.84. The third kappa shape index (κ3) is 11.9. The van der Waals surface area contributed by atoms with Crippen LogP contribution in [0.3, 0.4) is 0 Å². The van der Waals surface area contributed by atoms with E-state index in [0.29, 0.717) is 0 Å². The topological polar surface area (TPSA) is 21.3 Å². The summed E-state index contributed by atoms with van der Waals surface area (Å²) >= 11 is 0. The number of hydrogen-bond donors (Lipinski definition) is 1. The van der Waals surface area contributed by atoms with Crippen molar-refractivity contribution in [1.29, 1.82) is 0 Å². The van der Waals surface area contributed by atoms with E-state index in [2.05, 4.69) is 19.2 Å². The van der Waals surface area contributed by atoms with Crippen LogP contribution in [0.2, 0.25) is 0 Å². The number of rotatable bonds is 9. The van der Waals surface area contributed by atoms with Gasteiger partial charge in [-0.25, -0.2) is 0 Å². The Morgan fingerprint density at radius 2 is 1.92 bits per heavy atom. The van der Waals surface area contributed by atoms with Gasteiger partial charge in [0.05, 0.1) is 6.61 Å². The van der Waals surface area contributed by atoms with Crippen molar-refractivity contribution in [1.82, 2.24) is 5.32 Å². The normalized spacial score (nSPS) is 11.1. The van der Waals surface area contributed by atoms with Crippen LogP contribution in [0.4, 0.5) is 0 Å². The van der Waals surface area contributed by atoms with Gasteiger partial charge in [0.2, 0.25) is 0 Å². The first-order valence-electron chi connectivity index (χ1n) is 5.55. The Morgan fingerprint density at radius 3 is 2.54 bits per heavy atom. The molecule has 0 fully saturated rings. The lowest BCUT2D eigenvalue weighted by Crippen LogP contribution is -2.20. The molecule has 0 rings (SSSR count). The van der Waals surface area contributed by atoms with E-state index in [4.69, 9.17) is 4.74 Å². The summed E-state index contributed by atoms with van der Waals surface area (Å²) in [6, 6.07) is 0. The Kier molecular flexibility index (Phi) is 9.94. The molecule has 1 N–H and O–H groups in total. The first kappa shape index (κ1) is 12.9. The zero-order chi connectivity index (χ0) is 9.94. The van der Waals surface area contributed by atoms with Crippen LogP contribution in [0, 0.1) is 5.92 Å². The van der Waals surface area contributed by atoms with Crippen molar-refractivity contribution in [2.45, 2.75) is 40.0 Å². The van der Waals surface area contributed by atoms with Gasteiger partial charge in [-0.2, -0.15) is 0 Å². The fraction of sp³-hybridized carbons (Fsp3) is 1.00. The Hall–Kier alpha value is -0.0800. The van der Waals surface area contributed by atoms with Crippen LogP contribution in [0.15, 0.2) is 0 Å². The lowest BCUT2D eigenvalue weighted by atomic mass is 10.1. The van der Waals surface area contributed by atoms with Crippen molar-refractivity contribution >= 4 is 0 Å². The average molecular weight is 187 g/mol. The van der Waals surface area contributed by atoms with Crippen molar-refractivity contribution < 1.29 is 4.74 Å². The van der Waals surface area contributed by atoms with Gasteiger partial charge >= 0.3 is 0 Å². The monoisotopic (exact) mass is 187 g/mol. The van der Waals surface area contributed by atoms with E-state index in [0.717, 1.165) is 32.2 Å². The van der Waals surface area contributed by atoms with E-state index in [1.807, 2.05) is 6.92 Å². The molecular formula is C11H25NO. The summed E-state index contributed by atoms with van der Waals surface area (Å²) in [4.78, 5) is 0. The SMILES string of the molecule is CCOCCNCCCCC(C)C. The van der Waals surface area contributed by atoms with Crippen LogP contribution < -0.4 is 5.32 Å². The van der Waals surface area contributed by atoms with Crippen molar-refractivity contribution in [3.63, 3.8) is 0 Å². The van der Waals surface area contributed by atoms with E-state index in [9.17, 15) is 0 Å². The maximum Gasteiger partial charge on any atom is 0.0590 e. The molecule has 13 heavy (non-hydrogen) atoms. The number of ether oxygens (including phenoxy) is 1. The highest BCUT2D eigenvalue weighted by molar-refractivity contribution is 4.50. The van der Waals surface area contributed by atoms with E-state index < -0.39 is 0 Å². The second-order valence-corrected chi connectivity index (χ2v) is 3.84. The quantitative estimate of drug-likeness (QED) is 0.560. The molecule has 0 aromatic heterocycles.